The number of rotatable bonds is 4. The van der Waals surface area contributed by atoms with E-state index in [2.05, 4.69) is 0 Å². The fourth-order valence-corrected chi connectivity index (χ4v) is 0.589. The normalized spacial score (nSPS) is 12.1. The maximum Gasteiger partial charge on any atom is 0.0468 e. The van der Waals surface area contributed by atoms with E-state index in [1.165, 1.54) is 0 Å². The highest BCUT2D eigenvalue weighted by atomic mass is 16.3. The van der Waals surface area contributed by atoms with E-state index in [4.69, 9.17) is 10.2 Å². The van der Waals surface area contributed by atoms with Crippen molar-refractivity contribution in [3.63, 3.8) is 0 Å². The molecule has 0 saturated heterocycles. The second kappa shape index (κ2) is 5.79. The zero-order valence-electron chi connectivity index (χ0n) is 5.80. The molecule has 0 aromatic rings. The molecule has 0 unspecified atom stereocenters. The minimum Gasteiger partial charge on any atom is -0.396 e. The molecule has 0 spiro atoms. The fourth-order valence-electron chi connectivity index (χ4n) is 0.589. The third kappa shape index (κ3) is 5.53. The molecule has 0 aliphatic rings. The summed E-state index contributed by atoms with van der Waals surface area (Å²) >= 11 is 0. The Kier molecular flexibility index (Phi) is 5.57. The van der Waals surface area contributed by atoms with Gasteiger partial charge in [-0.3, -0.25) is 0 Å². The highest BCUT2D eigenvalue weighted by Gasteiger charge is 1.85. The molecule has 0 aromatic carbocycles. The molecule has 0 heterocycles. The van der Waals surface area contributed by atoms with E-state index >= 15 is 0 Å². The second-order valence-corrected chi connectivity index (χ2v) is 2.04. The molecule has 2 heteroatoms. The molecule has 0 aliphatic heterocycles. The Balaban J connectivity index is 3.30. The van der Waals surface area contributed by atoms with Crippen molar-refractivity contribution < 1.29 is 10.2 Å². The number of aliphatic hydroxyl groups is 2. The van der Waals surface area contributed by atoms with Crippen molar-refractivity contribution in [3.8, 4) is 0 Å². The van der Waals surface area contributed by atoms with E-state index in [1.807, 2.05) is 13.0 Å². The van der Waals surface area contributed by atoms with Gasteiger partial charge in [0.05, 0.1) is 0 Å². The van der Waals surface area contributed by atoms with Gasteiger partial charge in [0.1, 0.15) is 0 Å². The van der Waals surface area contributed by atoms with Gasteiger partial charge in [0.15, 0.2) is 0 Å². The highest BCUT2D eigenvalue weighted by molar-refractivity contribution is 4.97. The van der Waals surface area contributed by atoms with E-state index in [-0.39, 0.29) is 13.2 Å². The first-order valence-electron chi connectivity index (χ1n) is 3.18. The summed E-state index contributed by atoms with van der Waals surface area (Å²) < 4.78 is 0. The van der Waals surface area contributed by atoms with E-state index in [0.717, 1.165) is 12.0 Å². The lowest BCUT2D eigenvalue weighted by molar-refractivity contribution is 0.295. The summed E-state index contributed by atoms with van der Waals surface area (Å²) in [6, 6.07) is 0. The minimum atomic E-state index is 0.197. The van der Waals surface area contributed by atoms with Gasteiger partial charge in [0.2, 0.25) is 0 Å². The van der Waals surface area contributed by atoms with Crippen LogP contribution in [-0.4, -0.2) is 23.4 Å². The van der Waals surface area contributed by atoms with Gasteiger partial charge in [-0.15, -0.1) is 0 Å². The van der Waals surface area contributed by atoms with Crippen LogP contribution in [0.4, 0.5) is 0 Å². The molecular formula is C7H14O2. The highest BCUT2D eigenvalue weighted by Crippen LogP contribution is 1.98. The van der Waals surface area contributed by atoms with Crippen LogP contribution in [0.15, 0.2) is 11.6 Å². The minimum absolute atomic E-state index is 0.197. The van der Waals surface area contributed by atoms with Crippen LogP contribution in [0.2, 0.25) is 0 Å². The van der Waals surface area contributed by atoms with Gasteiger partial charge >= 0.3 is 0 Å². The van der Waals surface area contributed by atoms with Crippen molar-refractivity contribution in [1.82, 2.24) is 0 Å². The summed E-state index contributed by atoms with van der Waals surface area (Å²) in [5.74, 6) is 0. The standard InChI is InChI=1S/C7H14O2/c1-7(4-6-9)3-2-5-8/h3,8-9H,2,4-6H2,1H3/b7-3-. The summed E-state index contributed by atoms with van der Waals surface area (Å²) in [4.78, 5) is 0. The van der Waals surface area contributed by atoms with Crippen molar-refractivity contribution in [3.05, 3.63) is 11.6 Å². The summed E-state index contributed by atoms with van der Waals surface area (Å²) in [5, 5.41) is 16.8. The topological polar surface area (TPSA) is 40.5 Å². The molecule has 0 radical (unpaired) electrons. The lowest BCUT2D eigenvalue weighted by atomic mass is 10.2. The van der Waals surface area contributed by atoms with Crippen LogP contribution in [0.1, 0.15) is 19.8 Å². The zero-order chi connectivity index (χ0) is 7.11. The molecule has 0 saturated carbocycles. The van der Waals surface area contributed by atoms with Gasteiger partial charge in [0.25, 0.3) is 0 Å². The average Bonchev–Trinajstić information content (AvgIpc) is 1.85. The average molecular weight is 130 g/mol. The van der Waals surface area contributed by atoms with Crippen molar-refractivity contribution in [2.45, 2.75) is 19.8 Å². The Morgan fingerprint density at radius 3 is 2.44 bits per heavy atom. The molecule has 0 bridgehead atoms. The van der Waals surface area contributed by atoms with Crippen molar-refractivity contribution >= 4 is 0 Å². The first kappa shape index (κ1) is 8.66. The summed E-state index contributed by atoms with van der Waals surface area (Å²) in [7, 11) is 0. The quantitative estimate of drug-likeness (QED) is 0.550. The molecular weight excluding hydrogens is 116 g/mol. The summed E-state index contributed by atoms with van der Waals surface area (Å²) in [6.45, 7) is 2.35. The van der Waals surface area contributed by atoms with E-state index < -0.39 is 0 Å². The molecule has 0 aromatic heterocycles. The van der Waals surface area contributed by atoms with Crippen LogP contribution in [0.25, 0.3) is 0 Å². The van der Waals surface area contributed by atoms with Gasteiger partial charge < -0.3 is 10.2 Å². The molecule has 0 amide bonds. The maximum absolute atomic E-state index is 8.43. The molecule has 0 atom stereocenters. The largest absolute Gasteiger partial charge is 0.396 e. The fraction of sp³-hybridized carbons (Fsp3) is 0.714. The predicted molar refractivity (Wildman–Crippen MR) is 37.2 cm³/mol. The van der Waals surface area contributed by atoms with Crippen LogP contribution in [0.3, 0.4) is 0 Å². The molecule has 0 rings (SSSR count). The van der Waals surface area contributed by atoms with Crippen molar-refractivity contribution in [2.24, 2.45) is 0 Å². The van der Waals surface area contributed by atoms with Crippen LogP contribution >= 0.6 is 0 Å². The number of hydrogen-bond acceptors (Lipinski definition) is 2. The Labute approximate surface area is 55.8 Å². The number of aliphatic hydroxyl groups excluding tert-OH is 2. The molecule has 9 heavy (non-hydrogen) atoms. The van der Waals surface area contributed by atoms with Crippen LogP contribution in [-0.2, 0) is 0 Å². The molecule has 54 valence electrons. The summed E-state index contributed by atoms with van der Waals surface area (Å²) in [6.07, 6.45) is 3.36. The lowest BCUT2D eigenvalue weighted by Crippen LogP contribution is -1.85. The van der Waals surface area contributed by atoms with Crippen molar-refractivity contribution in [1.29, 1.82) is 0 Å². The Hall–Kier alpha value is -0.340. The maximum atomic E-state index is 8.43. The van der Waals surface area contributed by atoms with Gasteiger partial charge in [0, 0.05) is 13.2 Å². The third-order valence-corrected chi connectivity index (χ3v) is 1.13. The monoisotopic (exact) mass is 130 g/mol. The lowest BCUT2D eigenvalue weighted by Gasteiger charge is -1.94. The van der Waals surface area contributed by atoms with Crippen LogP contribution < -0.4 is 0 Å². The van der Waals surface area contributed by atoms with Crippen LogP contribution in [0.5, 0.6) is 0 Å². The predicted octanol–water partition coefficient (Wildman–Crippen LogP) is 0.698. The van der Waals surface area contributed by atoms with Crippen LogP contribution in [0, 0.1) is 0 Å². The Morgan fingerprint density at radius 1 is 1.33 bits per heavy atom. The zero-order valence-corrected chi connectivity index (χ0v) is 5.80. The number of hydrogen-bond donors (Lipinski definition) is 2. The first-order chi connectivity index (χ1) is 4.31. The van der Waals surface area contributed by atoms with E-state index in [9.17, 15) is 0 Å². The van der Waals surface area contributed by atoms with Gasteiger partial charge in [-0.1, -0.05) is 11.6 Å². The van der Waals surface area contributed by atoms with Gasteiger partial charge in [-0.25, -0.2) is 0 Å². The van der Waals surface area contributed by atoms with Crippen molar-refractivity contribution in [2.75, 3.05) is 13.2 Å². The molecule has 2 N–H and O–H groups in total. The third-order valence-electron chi connectivity index (χ3n) is 1.13. The van der Waals surface area contributed by atoms with E-state index in [1.54, 1.807) is 0 Å². The SMILES string of the molecule is C/C(=C/CCO)CCO. The van der Waals surface area contributed by atoms with Gasteiger partial charge in [-0.2, -0.15) is 0 Å². The van der Waals surface area contributed by atoms with E-state index in [0.29, 0.717) is 6.42 Å². The smallest absolute Gasteiger partial charge is 0.0468 e. The van der Waals surface area contributed by atoms with Gasteiger partial charge in [-0.05, 0) is 19.8 Å². The second-order valence-electron chi connectivity index (χ2n) is 2.04. The molecule has 0 aliphatic carbocycles. The molecule has 0 fully saturated rings. The Bertz CT molecular complexity index is 86.9. The first-order valence-corrected chi connectivity index (χ1v) is 3.18. The Morgan fingerprint density at radius 2 is 2.00 bits per heavy atom. The summed E-state index contributed by atoms with van der Waals surface area (Å²) in [5.41, 5.74) is 1.14. The molecule has 2 nitrogen and oxygen atoms in total.